The van der Waals surface area contributed by atoms with Crippen LogP contribution in [-0.4, -0.2) is 37.7 Å². The van der Waals surface area contributed by atoms with Crippen molar-refractivity contribution >= 4 is 10.0 Å². The lowest BCUT2D eigenvalue weighted by molar-refractivity contribution is -0.107. The highest BCUT2D eigenvalue weighted by Crippen LogP contribution is 2.27. The Kier molecular flexibility index (Phi) is 4.46. The summed E-state index contributed by atoms with van der Waals surface area (Å²) in [6.07, 6.45) is -3.36. The smallest absolute Gasteiger partial charge is 0.212 e. The van der Waals surface area contributed by atoms with E-state index in [2.05, 4.69) is 0 Å². The molecule has 0 saturated carbocycles. The van der Waals surface area contributed by atoms with E-state index in [1.165, 1.54) is 0 Å². The first-order valence-corrected chi connectivity index (χ1v) is 7.27. The molecule has 1 rings (SSSR count). The van der Waals surface area contributed by atoms with Gasteiger partial charge in [0.1, 0.15) is 0 Å². The van der Waals surface area contributed by atoms with Gasteiger partial charge in [0.25, 0.3) is 0 Å². The van der Waals surface area contributed by atoms with Gasteiger partial charge in [-0.25, -0.2) is 12.7 Å². The molecule has 0 aromatic rings. The maximum atomic E-state index is 12.1. The number of halogens is 3. The van der Waals surface area contributed by atoms with E-state index < -0.39 is 22.0 Å². The zero-order valence-electron chi connectivity index (χ0n) is 10.00. The van der Waals surface area contributed by atoms with Crippen LogP contribution in [0, 0.1) is 11.8 Å². The molecule has 0 radical (unpaired) electrons. The molecule has 0 amide bonds. The molecule has 1 heterocycles. The van der Waals surface area contributed by atoms with E-state index in [4.69, 9.17) is 0 Å². The summed E-state index contributed by atoms with van der Waals surface area (Å²) in [5, 5.41) is 0. The molecule has 0 unspecified atom stereocenters. The maximum absolute atomic E-state index is 12.1. The molecule has 102 valence electrons. The molecule has 1 aliphatic heterocycles. The van der Waals surface area contributed by atoms with Crippen LogP contribution >= 0.6 is 0 Å². The van der Waals surface area contributed by atoms with Gasteiger partial charge in [0.2, 0.25) is 10.0 Å². The molecule has 0 aromatic heterocycles. The number of hydrogen-bond acceptors (Lipinski definition) is 2. The fourth-order valence-corrected chi connectivity index (χ4v) is 3.48. The van der Waals surface area contributed by atoms with Gasteiger partial charge in [-0.05, 0) is 24.7 Å². The monoisotopic (exact) mass is 273 g/mol. The minimum atomic E-state index is -4.66. The lowest BCUT2D eigenvalue weighted by atomic mass is 9.87. The third kappa shape index (κ3) is 4.46. The molecule has 0 N–H and O–H groups in total. The zero-order valence-corrected chi connectivity index (χ0v) is 10.8. The van der Waals surface area contributed by atoms with E-state index >= 15 is 0 Å². The standard InChI is InChI=1S/C10H18F3NO2S/c1-8(2)9-3-5-14(6-4-9)17(15,16)7-10(11,12)13/h8-9H,3-7H2,1-2H3. The summed E-state index contributed by atoms with van der Waals surface area (Å²) in [5.41, 5.74) is 0. The molecule has 17 heavy (non-hydrogen) atoms. The van der Waals surface area contributed by atoms with Crippen LogP contribution in [0.15, 0.2) is 0 Å². The minimum Gasteiger partial charge on any atom is -0.212 e. The van der Waals surface area contributed by atoms with Crippen molar-refractivity contribution in [2.75, 3.05) is 18.8 Å². The Morgan fingerprint density at radius 2 is 1.71 bits per heavy atom. The lowest BCUT2D eigenvalue weighted by Gasteiger charge is -2.33. The van der Waals surface area contributed by atoms with Gasteiger partial charge in [0.15, 0.2) is 5.75 Å². The predicted octanol–water partition coefficient (Wildman–Crippen LogP) is 2.25. The van der Waals surface area contributed by atoms with Crippen molar-refractivity contribution in [2.45, 2.75) is 32.9 Å². The Morgan fingerprint density at radius 3 is 2.06 bits per heavy atom. The summed E-state index contributed by atoms with van der Waals surface area (Å²) in [6.45, 7) is 4.51. The number of hydrogen-bond donors (Lipinski definition) is 0. The molecule has 0 aliphatic carbocycles. The molecule has 0 bridgehead atoms. The van der Waals surface area contributed by atoms with E-state index in [9.17, 15) is 21.6 Å². The quantitative estimate of drug-likeness (QED) is 0.791. The minimum absolute atomic E-state index is 0.210. The number of piperidine rings is 1. The number of sulfonamides is 1. The van der Waals surface area contributed by atoms with E-state index in [-0.39, 0.29) is 13.1 Å². The summed E-state index contributed by atoms with van der Waals surface area (Å²) in [6, 6.07) is 0. The normalized spacial score (nSPS) is 21.1. The van der Waals surface area contributed by atoms with Crippen LogP contribution in [0.3, 0.4) is 0 Å². The third-order valence-corrected chi connectivity index (χ3v) is 5.02. The molecule has 1 aliphatic rings. The molecule has 0 aromatic carbocycles. The zero-order chi connectivity index (χ0) is 13.3. The number of nitrogens with zero attached hydrogens (tertiary/aromatic N) is 1. The third-order valence-electron chi connectivity index (χ3n) is 3.18. The molecule has 1 saturated heterocycles. The van der Waals surface area contributed by atoms with Crippen molar-refractivity contribution in [2.24, 2.45) is 11.8 Å². The molecular formula is C10H18F3NO2S. The molecular weight excluding hydrogens is 255 g/mol. The summed E-state index contributed by atoms with van der Waals surface area (Å²) in [7, 11) is -4.18. The molecule has 0 spiro atoms. The number of rotatable bonds is 3. The van der Waals surface area contributed by atoms with Crippen molar-refractivity contribution in [3.05, 3.63) is 0 Å². The lowest BCUT2D eigenvalue weighted by Crippen LogP contribution is -2.43. The van der Waals surface area contributed by atoms with Gasteiger partial charge in [-0.3, -0.25) is 0 Å². The summed E-state index contributed by atoms with van der Waals surface area (Å²) >= 11 is 0. The van der Waals surface area contributed by atoms with E-state index in [1.807, 2.05) is 13.8 Å². The van der Waals surface area contributed by atoms with Crippen LogP contribution in [0.1, 0.15) is 26.7 Å². The largest absolute Gasteiger partial charge is 0.404 e. The first-order valence-electron chi connectivity index (χ1n) is 5.66. The average molecular weight is 273 g/mol. The first-order chi connectivity index (χ1) is 7.62. The van der Waals surface area contributed by atoms with Crippen molar-refractivity contribution in [1.82, 2.24) is 4.31 Å². The average Bonchev–Trinajstić information content (AvgIpc) is 2.14. The highest BCUT2D eigenvalue weighted by molar-refractivity contribution is 7.89. The van der Waals surface area contributed by atoms with Crippen LogP contribution in [0.25, 0.3) is 0 Å². The van der Waals surface area contributed by atoms with E-state index in [0.717, 1.165) is 4.31 Å². The topological polar surface area (TPSA) is 37.4 Å². The van der Waals surface area contributed by atoms with Crippen molar-refractivity contribution in [3.63, 3.8) is 0 Å². The Balaban J connectivity index is 2.59. The summed E-state index contributed by atoms with van der Waals surface area (Å²) in [4.78, 5) is 0. The second-order valence-corrected chi connectivity index (χ2v) is 6.82. The fourth-order valence-electron chi connectivity index (χ4n) is 2.12. The highest BCUT2D eigenvalue weighted by Gasteiger charge is 2.39. The maximum Gasteiger partial charge on any atom is 0.404 e. The predicted molar refractivity (Wildman–Crippen MR) is 59.0 cm³/mol. The first kappa shape index (κ1) is 14.8. The van der Waals surface area contributed by atoms with E-state index in [1.54, 1.807) is 0 Å². The van der Waals surface area contributed by atoms with Crippen molar-refractivity contribution in [1.29, 1.82) is 0 Å². The second-order valence-electron chi connectivity index (χ2n) is 4.85. The van der Waals surface area contributed by atoms with E-state index in [0.29, 0.717) is 24.7 Å². The van der Waals surface area contributed by atoms with Crippen LogP contribution in [-0.2, 0) is 10.0 Å². The van der Waals surface area contributed by atoms with Crippen molar-refractivity contribution in [3.8, 4) is 0 Å². The van der Waals surface area contributed by atoms with Gasteiger partial charge in [0.05, 0.1) is 0 Å². The Morgan fingerprint density at radius 1 is 1.24 bits per heavy atom. The number of alkyl halides is 3. The molecule has 7 heteroatoms. The van der Waals surface area contributed by atoms with Crippen LogP contribution in [0.5, 0.6) is 0 Å². The van der Waals surface area contributed by atoms with Gasteiger partial charge in [-0.2, -0.15) is 13.2 Å². The van der Waals surface area contributed by atoms with Gasteiger partial charge >= 0.3 is 6.18 Å². The Hall–Kier alpha value is -0.300. The van der Waals surface area contributed by atoms with Crippen LogP contribution < -0.4 is 0 Å². The summed E-state index contributed by atoms with van der Waals surface area (Å²) in [5.74, 6) is -0.887. The summed E-state index contributed by atoms with van der Waals surface area (Å²) < 4.78 is 60.3. The molecule has 3 nitrogen and oxygen atoms in total. The van der Waals surface area contributed by atoms with Crippen LogP contribution in [0.4, 0.5) is 13.2 Å². The van der Waals surface area contributed by atoms with Crippen LogP contribution in [0.2, 0.25) is 0 Å². The highest BCUT2D eigenvalue weighted by atomic mass is 32.2. The fraction of sp³-hybridized carbons (Fsp3) is 1.00. The van der Waals surface area contributed by atoms with Gasteiger partial charge in [-0.1, -0.05) is 13.8 Å². The molecule has 0 atom stereocenters. The van der Waals surface area contributed by atoms with Crippen molar-refractivity contribution < 1.29 is 21.6 Å². The van der Waals surface area contributed by atoms with Gasteiger partial charge in [-0.15, -0.1) is 0 Å². The molecule has 1 fully saturated rings. The Labute approximate surface area is 100 Å². The van der Waals surface area contributed by atoms with Gasteiger partial charge < -0.3 is 0 Å². The SMILES string of the molecule is CC(C)C1CCN(S(=O)(=O)CC(F)(F)F)CC1. The second kappa shape index (κ2) is 5.14. The Bertz CT molecular complexity index is 343. The van der Waals surface area contributed by atoms with Gasteiger partial charge in [0, 0.05) is 13.1 Å².